The maximum atomic E-state index is 5.52. The van der Waals surface area contributed by atoms with Gasteiger partial charge in [-0.3, -0.25) is 0 Å². The molecule has 106 valence electrons. The highest BCUT2D eigenvalue weighted by Gasteiger charge is 2.17. The highest BCUT2D eigenvalue weighted by Crippen LogP contribution is 2.40. The maximum Gasteiger partial charge on any atom is 0.123 e. The smallest absolute Gasteiger partial charge is 0.123 e. The predicted octanol–water partition coefficient (Wildman–Crippen LogP) is 6.32. The molecular formula is C16H15Br3O. The SMILES string of the molecule is COc1cc(C)c(Br)cc1C(Br)c1ccc(C)c(Br)c1. The number of hydrogen-bond donors (Lipinski definition) is 0. The zero-order valence-corrected chi connectivity index (χ0v) is 16.3. The van der Waals surface area contributed by atoms with Gasteiger partial charge in [-0.25, -0.2) is 0 Å². The van der Waals surface area contributed by atoms with Gasteiger partial charge in [-0.1, -0.05) is 59.9 Å². The normalized spacial score (nSPS) is 12.3. The molecule has 0 radical (unpaired) electrons. The Bertz CT molecular complexity index is 638. The first kappa shape index (κ1) is 16.1. The van der Waals surface area contributed by atoms with Crippen LogP contribution in [0.2, 0.25) is 0 Å². The van der Waals surface area contributed by atoms with E-state index >= 15 is 0 Å². The van der Waals surface area contributed by atoms with Crippen molar-refractivity contribution in [3.05, 3.63) is 61.5 Å². The summed E-state index contributed by atoms with van der Waals surface area (Å²) in [5.74, 6) is 0.893. The van der Waals surface area contributed by atoms with E-state index in [1.165, 1.54) is 11.1 Å². The van der Waals surface area contributed by atoms with Crippen LogP contribution in [0.5, 0.6) is 5.75 Å². The lowest BCUT2D eigenvalue weighted by Crippen LogP contribution is -1.99. The third kappa shape index (κ3) is 3.29. The second kappa shape index (κ2) is 6.63. The average molecular weight is 463 g/mol. The van der Waals surface area contributed by atoms with Crippen LogP contribution >= 0.6 is 47.8 Å². The van der Waals surface area contributed by atoms with E-state index in [-0.39, 0.29) is 4.83 Å². The molecule has 2 aromatic carbocycles. The zero-order chi connectivity index (χ0) is 14.9. The van der Waals surface area contributed by atoms with E-state index in [9.17, 15) is 0 Å². The predicted molar refractivity (Wildman–Crippen MR) is 95.1 cm³/mol. The molecule has 0 spiro atoms. The van der Waals surface area contributed by atoms with E-state index in [2.05, 4.69) is 92.0 Å². The number of alkyl halides is 1. The minimum absolute atomic E-state index is 0.0891. The molecule has 20 heavy (non-hydrogen) atoms. The van der Waals surface area contributed by atoms with Crippen LogP contribution in [0.25, 0.3) is 0 Å². The zero-order valence-electron chi connectivity index (χ0n) is 11.5. The first-order valence-corrected chi connectivity index (χ1v) is 8.68. The van der Waals surface area contributed by atoms with Gasteiger partial charge in [0, 0.05) is 14.5 Å². The Hall–Kier alpha value is -0.320. The molecule has 0 saturated heterocycles. The van der Waals surface area contributed by atoms with Gasteiger partial charge in [0.1, 0.15) is 5.75 Å². The van der Waals surface area contributed by atoms with Crippen LogP contribution in [-0.4, -0.2) is 7.11 Å². The minimum atomic E-state index is 0.0891. The van der Waals surface area contributed by atoms with Crippen LogP contribution in [0.4, 0.5) is 0 Å². The number of hydrogen-bond acceptors (Lipinski definition) is 1. The van der Waals surface area contributed by atoms with Gasteiger partial charge in [0.2, 0.25) is 0 Å². The van der Waals surface area contributed by atoms with Crippen molar-refractivity contribution in [3.8, 4) is 5.75 Å². The average Bonchev–Trinajstić information content (AvgIpc) is 2.43. The van der Waals surface area contributed by atoms with Gasteiger partial charge in [0.05, 0.1) is 11.9 Å². The summed E-state index contributed by atoms with van der Waals surface area (Å²) < 4.78 is 7.72. The van der Waals surface area contributed by atoms with Gasteiger partial charge in [-0.15, -0.1) is 0 Å². The minimum Gasteiger partial charge on any atom is -0.496 e. The summed E-state index contributed by atoms with van der Waals surface area (Å²) >= 11 is 11.0. The molecule has 0 aliphatic carbocycles. The van der Waals surface area contributed by atoms with Gasteiger partial charge in [0.25, 0.3) is 0 Å². The summed E-state index contributed by atoms with van der Waals surface area (Å²) in [6, 6.07) is 10.6. The fourth-order valence-electron chi connectivity index (χ4n) is 1.99. The van der Waals surface area contributed by atoms with E-state index in [0.717, 1.165) is 25.8 Å². The number of benzene rings is 2. The third-order valence-electron chi connectivity index (χ3n) is 3.27. The topological polar surface area (TPSA) is 9.23 Å². The highest BCUT2D eigenvalue weighted by molar-refractivity contribution is 9.11. The van der Waals surface area contributed by atoms with Crippen LogP contribution < -0.4 is 4.74 Å². The molecule has 2 rings (SSSR count). The molecule has 0 aliphatic heterocycles. The molecule has 0 heterocycles. The first-order chi connectivity index (χ1) is 9.43. The first-order valence-electron chi connectivity index (χ1n) is 6.18. The Morgan fingerprint density at radius 3 is 2.20 bits per heavy atom. The van der Waals surface area contributed by atoms with Crippen molar-refractivity contribution < 1.29 is 4.74 Å². The van der Waals surface area contributed by atoms with Crippen molar-refractivity contribution in [2.75, 3.05) is 7.11 Å². The van der Waals surface area contributed by atoms with E-state index in [1.807, 2.05) is 0 Å². The Labute approximate surface area is 145 Å². The fourth-order valence-corrected chi connectivity index (χ4v) is 3.39. The van der Waals surface area contributed by atoms with Crippen molar-refractivity contribution in [2.45, 2.75) is 18.7 Å². The molecule has 0 bridgehead atoms. The summed E-state index contributed by atoms with van der Waals surface area (Å²) in [5, 5.41) is 0. The van der Waals surface area contributed by atoms with Gasteiger partial charge in [-0.05, 0) is 48.7 Å². The van der Waals surface area contributed by atoms with Gasteiger partial charge >= 0.3 is 0 Å². The molecule has 1 nitrogen and oxygen atoms in total. The summed E-state index contributed by atoms with van der Waals surface area (Å²) in [6.45, 7) is 4.14. The van der Waals surface area contributed by atoms with Crippen LogP contribution in [0.1, 0.15) is 27.1 Å². The monoisotopic (exact) mass is 460 g/mol. The Balaban J connectivity index is 2.49. The highest BCUT2D eigenvalue weighted by atomic mass is 79.9. The standard InChI is InChI=1S/C16H15Br3O/c1-9-4-5-11(7-13(9)17)16(19)12-8-14(18)10(2)6-15(12)20-3/h4-8,16H,1-3H3. The summed E-state index contributed by atoms with van der Waals surface area (Å²) in [6.07, 6.45) is 0. The third-order valence-corrected chi connectivity index (χ3v) is 6.00. The van der Waals surface area contributed by atoms with E-state index < -0.39 is 0 Å². The number of ether oxygens (including phenoxy) is 1. The molecule has 0 N–H and O–H groups in total. The quantitative estimate of drug-likeness (QED) is 0.485. The van der Waals surface area contributed by atoms with Gasteiger partial charge in [0.15, 0.2) is 0 Å². The van der Waals surface area contributed by atoms with E-state index in [1.54, 1.807) is 7.11 Å². The second-order valence-corrected chi connectivity index (χ2v) is 7.34. The van der Waals surface area contributed by atoms with Crippen LogP contribution in [0, 0.1) is 13.8 Å². The van der Waals surface area contributed by atoms with Crippen LogP contribution in [0.3, 0.4) is 0 Å². The Morgan fingerprint density at radius 1 is 0.950 bits per heavy atom. The molecule has 2 aromatic rings. The van der Waals surface area contributed by atoms with E-state index in [4.69, 9.17) is 4.74 Å². The Kier molecular flexibility index (Phi) is 5.32. The van der Waals surface area contributed by atoms with Crippen molar-refractivity contribution >= 4 is 47.8 Å². The largest absolute Gasteiger partial charge is 0.496 e. The van der Waals surface area contributed by atoms with Crippen molar-refractivity contribution in [3.63, 3.8) is 0 Å². The molecule has 4 heteroatoms. The number of rotatable bonds is 3. The molecule has 0 aliphatic rings. The molecule has 0 fully saturated rings. The molecule has 1 atom stereocenters. The number of aryl methyl sites for hydroxylation is 2. The maximum absolute atomic E-state index is 5.52. The van der Waals surface area contributed by atoms with E-state index in [0.29, 0.717) is 0 Å². The Morgan fingerprint density at radius 2 is 1.60 bits per heavy atom. The molecular weight excluding hydrogens is 448 g/mol. The lowest BCUT2D eigenvalue weighted by Gasteiger charge is -2.17. The molecule has 1 unspecified atom stereocenters. The fraction of sp³-hybridized carbons (Fsp3) is 0.250. The molecule has 0 saturated carbocycles. The summed E-state index contributed by atoms with van der Waals surface area (Å²) in [4.78, 5) is 0.0891. The summed E-state index contributed by atoms with van der Waals surface area (Å²) in [5.41, 5.74) is 4.69. The number of methoxy groups -OCH3 is 1. The van der Waals surface area contributed by atoms with Gasteiger partial charge in [-0.2, -0.15) is 0 Å². The second-order valence-electron chi connectivity index (χ2n) is 4.71. The van der Waals surface area contributed by atoms with Crippen LogP contribution in [-0.2, 0) is 0 Å². The summed E-state index contributed by atoms with van der Waals surface area (Å²) in [7, 11) is 1.71. The molecule has 0 amide bonds. The number of halogens is 3. The van der Waals surface area contributed by atoms with Crippen molar-refractivity contribution in [1.29, 1.82) is 0 Å². The lowest BCUT2D eigenvalue weighted by atomic mass is 10.0. The van der Waals surface area contributed by atoms with Crippen LogP contribution in [0.15, 0.2) is 39.3 Å². The lowest BCUT2D eigenvalue weighted by molar-refractivity contribution is 0.410. The van der Waals surface area contributed by atoms with Gasteiger partial charge < -0.3 is 4.74 Å². The molecule has 0 aromatic heterocycles. The van der Waals surface area contributed by atoms with Crippen molar-refractivity contribution in [2.24, 2.45) is 0 Å². The van der Waals surface area contributed by atoms with Crippen molar-refractivity contribution in [1.82, 2.24) is 0 Å².